The number of nitrogens with zero attached hydrogens (tertiary/aromatic N) is 2. The van der Waals surface area contributed by atoms with Gasteiger partial charge in [0, 0.05) is 38.3 Å². The third kappa shape index (κ3) is 6.10. The van der Waals surface area contributed by atoms with Gasteiger partial charge in [0.05, 0.1) is 21.3 Å². The van der Waals surface area contributed by atoms with E-state index in [0.29, 0.717) is 28.8 Å². The van der Waals surface area contributed by atoms with E-state index in [1.165, 1.54) is 0 Å². The molecule has 2 aliphatic rings. The Morgan fingerprint density at radius 1 is 1.00 bits per heavy atom. The van der Waals surface area contributed by atoms with E-state index < -0.39 is 0 Å². The molecule has 0 atom stereocenters. The molecule has 0 radical (unpaired) electrons. The molecule has 0 aliphatic carbocycles. The third-order valence-corrected chi connectivity index (χ3v) is 6.56. The quantitative estimate of drug-likeness (QED) is 0.553. The number of piperazine rings is 1. The Labute approximate surface area is 205 Å². The number of benzene rings is 2. The van der Waals surface area contributed by atoms with Crippen LogP contribution in [-0.2, 0) is 4.79 Å². The van der Waals surface area contributed by atoms with Crippen LogP contribution in [0, 0.1) is 0 Å². The van der Waals surface area contributed by atoms with Gasteiger partial charge >= 0.3 is 0 Å². The first-order valence-corrected chi connectivity index (χ1v) is 11.5. The number of unbranched alkanes of at least 4 members (excludes halogenated alkanes) is 1. The van der Waals surface area contributed by atoms with Crippen LogP contribution in [-0.4, -0.2) is 56.7 Å². The molecule has 2 aromatic rings. The summed E-state index contributed by atoms with van der Waals surface area (Å²) >= 11 is 12.5. The van der Waals surface area contributed by atoms with Gasteiger partial charge < -0.3 is 15.0 Å². The Morgan fingerprint density at radius 3 is 2.59 bits per heavy atom. The number of halogens is 3. The van der Waals surface area contributed by atoms with Crippen molar-refractivity contribution in [3.63, 3.8) is 0 Å². The van der Waals surface area contributed by atoms with E-state index in [0.717, 1.165) is 62.6 Å². The van der Waals surface area contributed by atoms with Gasteiger partial charge in [0.2, 0.25) is 0 Å². The van der Waals surface area contributed by atoms with Gasteiger partial charge in [-0.3, -0.25) is 9.69 Å². The highest BCUT2D eigenvalue weighted by atomic mass is 35.5. The van der Waals surface area contributed by atoms with Crippen molar-refractivity contribution < 1.29 is 9.53 Å². The first kappa shape index (κ1) is 24.7. The number of rotatable bonds is 7. The Balaban J connectivity index is 0.00000289. The highest BCUT2D eigenvalue weighted by Crippen LogP contribution is 2.33. The number of amides is 1. The fourth-order valence-electron chi connectivity index (χ4n) is 3.97. The van der Waals surface area contributed by atoms with E-state index in [2.05, 4.69) is 15.1 Å². The lowest BCUT2D eigenvalue weighted by molar-refractivity contribution is -0.117. The average Bonchev–Trinajstić information content (AvgIpc) is 2.80. The highest BCUT2D eigenvalue weighted by Gasteiger charge is 2.20. The molecule has 8 heteroatoms. The van der Waals surface area contributed by atoms with E-state index in [9.17, 15) is 4.79 Å². The van der Waals surface area contributed by atoms with E-state index in [1.54, 1.807) is 0 Å². The predicted octanol–water partition coefficient (Wildman–Crippen LogP) is 4.91. The lowest BCUT2D eigenvalue weighted by Gasteiger charge is -2.36. The first-order valence-electron chi connectivity index (χ1n) is 10.7. The molecule has 2 aliphatic heterocycles. The molecule has 0 saturated carbocycles. The average molecular weight is 497 g/mol. The lowest BCUT2D eigenvalue weighted by Crippen LogP contribution is -2.46. The molecule has 5 nitrogen and oxygen atoms in total. The Morgan fingerprint density at radius 2 is 1.78 bits per heavy atom. The second-order valence-electron chi connectivity index (χ2n) is 7.86. The number of hydrogen-bond donors (Lipinski definition) is 1. The van der Waals surface area contributed by atoms with Crippen LogP contribution in [0.1, 0.15) is 18.4 Å². The summed E-state index contributed by atoms with van der Waals surface area (Å²) in [6, 6.07) is 13.5. The van der Waals surface area contributed by atoms with Crippen molar-refractivity contribution in [3.8, 4) is 5.75 Å². The molecular weight excluding hydrogens is 469 g/mol. The Hall–Kier alpha value is -1.92. The largest absolute Gasteiger partial charge is 0.488 e. The molecule has 172 valence electrons. The number of carbonyl (C=O) groups excluding carboxylic acids is 1. The van der Waals surface area contributed by atoms with E-state index >= 15 is 0 Å². The molecule has 4 rings (SSSR count). The number of hydrogen-bond acceptors (Lipinski definition) is 4. The summed E-state index contributed by atoms with van der Waals surface area (Å²) in [7, 11) is 0. The van der Waals surface area contributed by atoms with Gasteiger partial charge in [0.1, 0.15) is 12.4 Å². The second-order valence-corrected chi connectivity index (χ2v) is 8.65. The minimum atomic E-state index is -0.0403. The topological polar surface area (TPSA) is 44.8 Å². The third-order valence-electron chi connectivity index (χ3n) is 5.75. The van der Waals surface area contributed by atoms with Gasteiger partial charge in [0.25, 0.3) is 5.91 Å². The second kappa shape index (κ2) is 11.8. The van der Waals surface area contributed by atoms with Gasteiger partial charge in [-0.1, -0.05) is 47.5 Å². The number of para-hydroxylation sites is 1. The van der Waals surface area contributed by atoms with Crippen LogP contribution < -0.4 is 15.0 Å². The van der Waals surface area contributed by atoms with Crippen molar-refractivity contribution in [2.75, 3.05) is 50.8 Å². The van der Waals surface area contributed by atoms with Crippen molar-refractivity contribution in [1.82, 2.24) is 10.2 Å². The molecule has 1 amide bonds. The standard InChI is InChI=1S/C24H27Cl2N3O2.ClH/c25-20-7-5-8-21(23(20)26)29-14-12-28(13-15-29)11-4-3-10-27-24(30)19-16-18-6-1-2-9-22(18)31-17-19;/h1-2,5-9,16H,3-4,10-15,17H2,(H,27,30);1H. The van der Waals surface area contributed by atoms with Crippen LogP contribution in [0.2, 0.25) is 10.0 Å². The zero-order valence-electron chi connectivity index (χ0n) is 17.9. The summed E-state index contributed by atoms with van der Waals surface area (Å²) in [6.45, 7) is 5.91. The summed E-state index contributed by atoms with van der Waals surface area (Å²) < 4.78 is 5.66. The lowest BCUT2D eigenvalue weighted by atomic mass is 10.1. The van der Waals surface area contributed by atoms with Gasteiger partial charge in [-0.05, 0) is 43.7 Å². The normalized spacial score (nSPS) is 15.8. The monoisotopic (exact) mass is 495 g/mol. The summed E-state index contributed by atoms with van der Waals surface area (Å²) in [5.74, 6) is 0.790. The summed E-state index contributed by atoms with van der Waals surface area (Å²) in [6.07, 6.45) is 3.92. The van der Waals surface area contributed by atoms with Crippen molar-refractivity contribution in [2.45, 2.75) is 12.8 Å². The molecule has 1 N–H and O–H groups in total. The molecule has 1 saturated heterocycles. The molecule has 2 aromatic carbocycles. The number of ether oxygens (including phenoxy) is 1. The number of fused-ring (bicyclic) bond motifs is 1. The zero-order chi connectivity index (χ0) is 21.6. The predicted molar refractivity (Wildman–Crippen MR) is 135 cm³/mol. The molecular formula is C24H28Cl3N3O2. The van der Waals surface area contributed by atoms with E-state index in [4.69, 9.17) is 27.9 Å². The number of anilines is 1. The van der Waals surface area contributed by atoms with Gasteiger partial charge in [-0.25, -0.2) is 0 Å². The van der Waals surface area contributed by atoms with Crippen LogP contribution in [0.5, 0.6) is 5.75 Å². The SMILES string of the molecule is Cl.O=C(NCCCCN1CCN(c2cccc(Cl)c2Cl)CC1)C1=Cc2ccccc2OC1. The van der Waals surface area contributed by atoms with E-state index in [1.807, 2.05) is 48.5 Å². The Kier molecular flexibility index (Phi) is 9.11. The maximum Gasteiger partial charge on any atom is 0.250 e. The fourth-order valence-corrected chi connectivity index (χ4v) is 4.39. The number of nitrogens with one attached hydrogen (secondary N) is 1. The van der Waals surface area contributed by atoms with Crippen molar-refractivity contribution in [1.29, 1.82) is 0 Å². The molecule has 0 unspecified atom stereocenters. The molecule has 0 bridgehead atoms. The van der Waals surface area contributed by atoms with Gasteiger partial charge in [-0.2, -0.15) is 0 Å². The van der Waals surface area contributed by atoms with Crippen molar-refractivity contribution in [2.24, 2.45) is 0 Å². The molecule has 0 spiro atoms. The van der Waals surface area contributed by atoms with Crippen LogP contribution in [0.25, 0.3) is 6.08 Å². The molecule has 2 heterocycles. The van der Waals surface area contributed by atoms with Crippen molar-refractivity contribution >= 4 is 53.3 Å². The minimum Gasteiger partial charge on any atom is -0.488 e. The van der Waals surface area contributed by atoms with Crippen molar-refractivity contribution in [3.05, 3.63) is 63.6 Å². The van der Waals surface area contributed by atoms with Crippen LogP contribution in [0.15, 0.2) is 48.0 Å². The maximum atomic E-state index is 12.4. The molecule has 1 fully saturated rings. The number of carbonyl (C=O) groups is 1. The summed E-state index contributed by atoms with van der Waals surface area (Å²) in [5, 5.41) is 4.25. The summed E-state index contributed by atoms with van der Waals surface area (Å²) in [5.41, 5.74) is 2.65. The molecule has 0 aromatic heterocycles. The smallest absolute Gasteiger partial charge is 0.250 e. The maximum absolute atomic E-state index is 12.4. The van der Waals surface area contributed by atoms with Crippen LogP contribution in [0.3, 0.4) is 0 Å². The van der Waals surface area contributed by atoms with Gasteiger partial charge in [-0.15, -0.1) is 12.4 Å². The zero-order valence-corrected chi connectivity index (χ0v) is 20.2. The Bertz CT molecular complexity index is 959. The van der Waals surface area contributed by atoms with Crippen LogP contribution in [0.4, 0.5) is 5.69 Å². The van der Waals surface area contributed by atoms with Crippen LogP contribution >= 0.6 is 35.6 Å². The first-order chi connectivity index (χ1) is 15.1. The van der Waals surface area contributed by atoms with Gasteiger partial charge in [0.15, 0.2) is 0 Å². The minimum absolute atomic E-state index is 0. The fraction of sp³-hybridized carbons (Fsp3) is 0.375. The molecule has 32 heavy (non-hydrogen) atoms. The summed E-state index contributed by atoms with van der Waals surface area (Å²) in [4.78, 5) is 17.2. The highest BCUT2D eigenvalue weighted by molar-refractivity contribution is 6.43. The van der Waals surface area contributed by atoms with E-state index in [-0.39, 0.29) is 18.3 Å².